The van der Waals surface area contributed by atoms with Gasteiger partial charge in [0, 0.05) is 13.0 Å². The minimum absolute atomic E-state index is 0.0207. The molecule has 0 radical (unpaired) electrons. The van der Waals surface area contributed by atoms with Gasteiger partial charge >= 0.3 is 17.7 Å². The van der Waals surface area contributed by atoms with Crippen LogP contribution in [0, 0.1) is 17.0 Å². The highest BCUT2D eigenvalue weighted by atomic mass is 19.1. The molecule has 1 amide bonds. The van der Waals surface area contributed by atoms with Crippen molar-refractivity contribution in [1.29, 1.82) is 0 Å². The summed E-state index contributed by atoms with van der Waals surface area (Å²) in [5.41, 5.74) is -0.553. The van der Waals surface area contributed by atoms with Gasteiger partial charge in [0.25, 0.3) is 0 Å². The molecular formula is C17H27FN4O6. The van der Waals surface area contributed by atoms with Crippen LogP contribution in [-0.2, 0) is 9.47 Å². The fourth-order valence-electron chi connectivity index (χ4n) is 2.83. The summed E-state index contributed by atoms with van der Waals surface area (Å²) in [7, 11) is 0. The second-order valence-corrected chi connectivity index (χ2v) is 7.60. The Morgan fingerprint density at radius 2 is 2.18 bits per heavy atom. The Kier molecular flexibility index (Phi) is 7.17. The monoisotopic (exact) mass is 402 g/mol. The fraction of sp³-hybridized carbons (Fsp3) is 0.765. The quantitative estimate of drug-likeness (QED) is 0.423. The maximum Gasteiger partial charge on any atom is 0.407 e. The molecule has 11 heteroatoms. The van der Waals surface area contributed by atoms with Crippen LogP contribution in [0.2, 0.25) is 0 Å². The molecular weight excluding hydrogens is 375 g/mol. The SMILES string of the molecule is Cc1c([N+](=O)[O-])c(OCCCNC(=O)OC(C)(C)C)nn1C1COCC(F)C1. The van der Waals surface area contributed by atoms with E-state index in [2.05, 4.69) is 10.4 Å². The predicted molar refractivity (Wildman–Crippen MR) is 97.3 cm³/mol. The summed E-state index contributed by atoms with van der Waals surface area (Å²) in [6.45, 7) is 7.47. The minimum atomic E-state index is -1.13. The minimum Gasteiger partial charge on any atom is -0.472 e. The van der Waals surface area contributed by atoms with Crippen molar-refractivity contribution in [1.82, 2.24) is 15.1 Å². The van der Waals surface area contributed by atoms with Crippen LogP contribution in [0.4, 0.5) is 14.9 Å². The van der Waals surface area contributed by atoms with E-state index in [4.69, 9.17) is 14.2 Å². The molecule has 1 aromatic heterocycles. The molecule has 0 aromatic carbocycles. The lowest BCUT2D eigenvalue weighted by molar-refractivity contribution is -0.386. The van der Waals surface area contributed by atoms with Crippen molar-refractivity contribution in [2.24, 2.45) is 0 Å². The molecule has 0 saturated carbocycles. The molecule has 28 heavy (non-hydrogen) atoms. The Morgan fingerprint density at radius 1 is 1.46 bits per heavy atom. The topological polar surface area (TPSA) is 118 Å². The van der Waals surface area contributed by atoms with Crippen molar-refractivity contribution in [2.45, 2.75) is 58.4 Å². The summed E-state index contributed by atoms with van der Waals surface area (Å²) in [5, 5.41) is 18.1. The van der Waals surface area contributed by atoms with Gasteiger partial charge in [0.1, 0.15) is 17.5 Å². The number of alkyl halides is 1. The van der Waals surface area contributed by atoms with Crippen LogP contribution in [-0.4, -0.2) is 58.9 Å². The first-order valence-electron chi connectivity index (χ1n) is 9.13. The van der Waals surface area contributed by atoms with Gasteiger partial charge in [0.2, 0.25) is 0 Å². The molecule has 1 aromatic rings. The van der Waals surface area contributed by atoms with Crippen molar-refractivity contribution in [2.75, 3.05) is 26.4 Å². The van der Waals surface area contributed by atoms with E-state index in [1.807, 2.05) is 0 Å². The van der Waals surface area contributed by atoms with E-state index in [0.29, 0.717) is 6.42 Å². The second kappa shape index (κ2) is 9.18. The van der Waals surface area contributed by atoms with Crippen LogP contribution < -0.4 is 10.1 Å². The van der Waals surface area contributed by atoms with Gasteiger partial charge in [0.15, 0.2) is 0 Å². The summed E-state index contributed by atoms with van der Waals surface area (Å²) in [4.78, 5) is 22.4. The van der Waals surface area contributed by atoms with Crippen LogP contribution in [0.1, 0.15) is 45.3 Å². The number of carbonyl (C=O) groups excluding carboxylic acids is 1. The molecule has 0 spiro atoms. The number of nitro groups is 1. The lowest BCUT2D eigenvalue weighted by Crippen LogP contribution is -2.33. The summed E-state index contributed by atoms with van der Waals surface area (Å²) in [5.74, 6) is -0.124. The van der Waals surface area contributed by atoms with Crippen LogP contribution >= 0.6 is 0 Å². The molecule has 2 unspecified atom stereocenters. The standard InChI is InChI=1S/C17H27FN4O6/c1-11-14(22(24)25)15(20-21(11)13-8-12(18)9-26-10-13)27-7-5-6-19-16(23)28-17(2,3)4/h12-13H,5-10H2,1-4H3,(H,19,23). The third-order valence-corrected chi connectivity index (χ3v) is 3.98. The number of nitrogens with zero attached hydrogens (tertiary/aromatic N) is 3. The Hall–Kier alpha value is -2.43. The molecule has 2 heterocycles. The van der Waals surface area contributed by atoms with Crippen molar-refractivity contribution in [3.05, 3.63) is 15.8 Å². The van der Waals surface area contributed by atoms with Crippen LogP contribution in [0.5, 0.6) is 5.88 Å². The maximum absolute atomic E-state index is 13.6. The predicted octanol–water partition coefficient (Wildman–Crippen LogP) is 2.69. The molecule has 0 aliphatic carbocycles. The van der Waals surface area contributed by atoms with Gasteiger partial charge in [-0.2, -0.15) is 0 Å². The summed E-state index contributed by atoms with van der Waals surface area (Å²) in [6, 6.07) is -0.423. The first-order valence-corrected chi connectivity index (χ1v) is 9.13. The summed E-state index contributed by atoms with van der Waals surface area (Å²) < 4.78 is 30.8. The number of nitrogens with one attached hydrogen (secondary N) is 1. The number of halogens is 1. The smallest absolute Gasteiger partial charge is 0.407 e. The number of carbonyl (C=O) groups is 1. The van der Waals surface area contributed by atoms with E-state index in [1.165, 1.54) is 4.68 Å². The normalized spacial score (nSPS) is 19.9. The summed E-state index contributed by atoms with van der Waals surface area (Å²) >= 11 is 0. The Bertz CT molecular complexity index is 703. The van der Waals surface area contributed by atoms with Crippen molar-refractivity contribution in [3.8, 4) is 5.88 Å². The van der Waals surface area contributed by atoms with Gasteiger partial charge in [-0.25, -0.2) is 9.18 Å². The Balaban J connectivity index is 1.93. The first-order chi connectivity index (χ1) is 13.1. The Morgan fingerprint density at radius 3 is 2.79 bits per heavy atom. The first kappa shape index (κ1) is 21.9. The van der Waals surface area contributed by atoms with Gasteiger partial charge in [0.05, 0.1) is 30.8 Å². The molecule has 1 aliphatic heterocycles. The van der Waals surface area contributed by atoms with Crippen molar-refractivity contribution in [3.63, 3.8) is 0 Å². The zero-order valence-electron chi connectivity index (χ0n) is 16.6. The highest BCUT2D eigenvalue weighted by Crippen LogP contribution is 2.34. The number of rotatable bonds is 7. The molecule has 158 valence electrons. The third kappa shape index (κ3) is 6.04. The number of alkyl carbamates (subject to hydrolysis) is 1. The average molecular weight is 402 g/mol. The lowest BCUT2D eigenvalue weighted by Gasteiger charge is -2.25. The summed E-state index contributed by atoms with van der Waals surface area (Å²) in [6.07, 6.45) is -1.10. The number of hydrogen-bond acceptors (Lipinski definition) is 7. The van der Waals surface area contributed by atoms with Crippen LogP contribution in [0.25, 0.3) is 0 Å². The molecule has 1 aliphatic rings. The van der Waals surface area contributed by atoms with E-state index in [1.54, 1.807) is 27.7 Å². The highest BCUT2D eigenvalue weighted by molar-refractivity contribution is 5.67. The number of ether oxygens (including phenoxy) is 3. The van der Waals surface area contributed by atoms with Gasteiger partial charge in [-0.15, -0.1) is 5.10 Å². The zero-order chi connectivity index (χ0) is 20.9. The second-order valence-electron chi connectivity index (χ2n) is 7.60. The van der Waals surface area contributed by atoms with Crippen LogP contribution in [0.15, 0.2) is 0 Å². The fourth-order valence-corrected chi connectivity index (χ4v) is 2.83. The molecule has 10 nitrogen and oxygen atoms in total. The molecule has 1 saturated heterocycles. The zero-order valence-corrected chi connectivity index (χ0v) is 16.6. The van der Waals surface area contributed by atoms with Gasteiger partial charge in [-0.3, -0.25) is 14.8 Å². The van der Waals surface area contributed by atoms with Crippen LogP contribution in [0.3, 0.4) is 0 Å². The van der Waals surface area contributed by atoms with Gasteiger partial charge in [-0.05, 0) is 34.1 Å². The molecule has 2 atom stereocenters. The van der Waals surface area contributed by atoms with Gasteiger partial charge in [-0.1, -0.05) is 0 Å². The van der Waals surface area contributed by atoms with Gasteiger partial charge < -0.3 is 19.5 Å². The van der Waals surface area contributed by atoms with Crippen molar-refractivity contribution >= 4 is 11.8 Å². The van der Waals surface area contributed by atoms with E-state index in [9.17, 15) is 19.3 Å². The van der Waals surface area contributed by atoms with Crippen molar-refractivity contribution < 1.29 is 28.3 Å². The Labute approximate surface area is 162 Å². The van der Waals surface area contributed by atoms with E-state index >= 15 is 0 Å². The maximum atomic E-state index is 13.6. The molecule has 0 bridgehead atoms. The number of aromatic nitrogens is 2. The van der Waals surface area contributed by atoms with E-state index in [-0.39, 0.29) is 50.0 Å². The molecule has 1 fully saturated rings. The highest BCUT2D eigenvalue weighted by Gasteiger charge is 2.32. The number of amides is 1. The van der Waals surface area contributed by atoms with E-state index < -0.39 is 28.8 Å². The average Bonchev–Trinajstić information content (AvgIpc) is 2.89. The van der Waals surface area contributed by atoms with E-state index in [0.717, 1.165) is 0 Å². The third-order valence-electron chi connectivity index (χ3n) is 3.98. The molecule has 1 N–H and O–H groups in total. The lowest BCUT2D eigenvalue weighted by atomic mass is 10.1. The molecule has 2 rings (SSSR count). The largest absolute Gasteiger partial charge is 0.472 e. The number of hydrogen-bond donors (Lipinski definition) is 1.